The average Bonchev–Trinajstić information content (AvgIpc) is 1.85. The first kappa shape index (κ1) is 11.2. The molecule has 2 N–H and O–H groups in total. The molecule has 0 bridgehead atoms. The summed E-state index contributed by atoms with van der Waals surface area (Å²) >= 11 is 0. The van der Waals surface area contributed by atoms with E-state index in [1.807, 2.05) is 13.0 Å². The topological polar surface area (TPSA) is 49.3 Å². The number of carbonyl (C=O) groups is 1. The number of hydrogen-bond donors (Lipinski definition) is 2. The molecule has 70 valence electrons. The van der Waals surface area contributed by atoms with Crippen LogP contribution in [0.15, 0.2) is 11.3 Å². The van der Waals surface area contributed by atoms with Crippen molar-refractivity contribution >= 4 is 14.2 Å². The molecule has 3 nitrogen and oxygen atoms in total. The third kappa shape index (κ3) is 4.18. The molecule has 0 saturated carbocycles. The summed E-state index contributed by atoms with van der Waals surface area (Å²) in [6.07, 6.45) is 1.06. The predicted octanol–water partition coefficient (Wildman–Crippen LogP) is 2.08. The van der Waals surface area contributed by atoms with Crippen LogP contribution in [0.1, 0.15) is 6.92 Å². The minimum atomic E-state index is -1.32. The van der Waals surface area contributed by atoms with Crippen LogP contribution in [0.25, 0.3) is 0 Å². The smallest absolute Gasteiger partial charge is 0.404 e. The highest BCUT2D eigenvalue weighted by Crippen LogP contribution is 2.12. The van der Waals surface area contributed by atoms with Crippen LogP contribution in [0, 0.1) is 0 Å². The van der Waals surface area contributed by atoms with Crippen LogP contribution in [0.5, 0.6) is 0 Å². The Morgan fingerprint density at radius 2 is 2.00 bits per heavy atom. The molecule has 0 saturated heterocycles. The molecule has 4 heteroatoms. The van der Waals surface area contributed by atoms with E-state index in [1.165, 1.54) is 5.20 Å². The average molecular weight is 187 g/mol. The van der Waals surface area contributed by atoms with Gasteiger partial charge in [0.1, 0.15) is 0 Å². The van der Waals surface area contributed by atoms with E-state index >= 15 is 0 Å². The van der Waals surface area contributed by atoms with Crippen LogP contribution < -0.4 is 5.32 Å². The number of carboxylic acid groups (broad SMARTS) is 1. The Morgan fingerprint density at radius 3 is 2.25 bits per heavy atom. The van der Waals surface area contributed by atoms with Crippen molar-refractivity contribution in [3.63, 3.8) is 0 Å². The van der Waals surface area contributed by atoms with Crippen molar-refractivity contribution in [3.8, 4) is 0 Å². The van der Waals surface area contributed by atoms with Crippen molar-refractivity contribution < 1.29 is 9.90 Å². The van der Waals surface area contributed by atoms with Crippen molar-refractivity contribution in [2.75, 3.05) is 6.54 Å². The van der Waals surface area contributed by atoms with E-state index in [-0.39, 0.29) is 0 Å². The SMILES string of the molecule is C/C=C(/CNC(=O)O)[Si](C)(C)C. The molecule has 12 heavy (non-hydrogen) atoms. The Balaban J connectivity index is 4.13. The van der Waals surface area contributed by atoms with Gasteiger partial charge in [-0.1, -0.05) is 30.9 Å². The highest BCUT2D eigenvalue weighted by molar-refractivity contribution is 6.83. The molecular formula is C8H17NO2Si. The van der Waals surface area contributed by atoms with Crippen molar-refractivity contribution in [3.05, 3.63) is 11.3 Å². The monoisotopic (exact) mass is 187 g/mol. The van der Waals surface area contributed by atoms with E-state index in [4.69, 9.17) is 5.11 Å². The summed E-state index contributed by atoms with van der Waals surface area (Å²) in [7, 11) is -1.32. The van der Waals surface area contributed by atoms with E-state index in [0.717, 1.165) is 0 Å². The maximum atomic E-state index is 10.2. The molecule has 0 fully saturated rings. The maximum Gasteiger partial charge on any atom is 0.404 e. The highest BCUT2D eigenvalue weighted by Gasteiger charge is 2.18. The zero-order chi connectivity index (χ0) is 9.78. The van der Waals surface area contributed by atoms with Gasteiger partial charge in [0.2, 0.25) is 0 Å². The number of hydrogen-bond acceptors (Lipinski definition) is 1. The van der Waals surface area contributed by atoms with Crippen LogP contribution in [0.3, 0.4) is 0 Å². The summed E-state index contributed by atoms with van der Waals surface area (Å²) in [5.74, 6) is 0. The van der Waals surface area contributed by atoms with Crippen molar-refractivity contribution in [2.24, 2.45) is 0 Å². The van der Waals surface area contributed by atoms with E-state index in [9.17, 15) is 4.79 Å². The largest absolute Gasteiger partial charge is 0.465 e. The fourth-order valence-corrected chi connectivity index (χ4v) is 2.46. The molecule has 0 radical (unpaired) electrons. The Bertz CT molecular complexity index is 194. The van der Waals surface area contributed by atoms with Crippen molar-refractivity contribution in [1.29, 1.82) is 0 Å². The quantitative estimate of drug-likeness (QED) is 0.665. The lowest BCUT2D eigenvalue weighted by molar-refractivity contribution is 0.195. The summed E-state index contributed by atoms with van der Waals surface area (Å²) in [5, 5.41) is 12.0. The molecule has 0 spiro atoms. The van der Waals surface area contributed by atoms with Gasteiger partial charge >= 0.3 is 6.09 Å². The van der Waals surface area contributed by atoms with Gasteiger partial charge < -0.3 is 10.4 Å². The van der Waals surface area contributed by atoms with E-state index < -0.39 is 14.2 Å². The van der Waals surface area contributed by atoms with Gasteiger partial charge in [-0.05, 0) is 6.92 Å². The second-order valence-corrected chi connectivity index (χ2v) is 8.86. The minimum Gasteiger partial charge on any atom is -0.465 e. The third-order valence-corrected chi connectivity index (χ3v) is 4.13. The zero-order valence-electron chi connectivity index (χ0n) is 8.14. The van der Waals surface area contributed by atoms with Crippen LogP contribution in [0.4, 0.5) is 4.79 Å². The van der Waals surface area contributed by atoms with Crippen LogP contribution in [-0.2, 0) is 0 Å². The lowest BCUT2D eigenvalue weighted by Crippen LogP contribution is -2.34. The number of amides is 1. The molecule has 0 atom stereocenters. The van der Waals surface area contributed by atoms with Gasteiger partial charge in [0, 0.05) is 6.54 Å². The van der Waals surface area contributed by atoms with Crippen LogP contribution >= 0.6 is 0 Å². The minimum absolute atomic E-state index is 0.474. The highest BCUT2D eigenvalue weighted by atomic mass is 28.3. The first-order chi connectivity index (χ1) is 5.38. The Labute approximate surface area is 74.5 Å². The zero-order valence-corrected chi connectivity index (χ0v) is 9.14. The molecule has 0 aliphatic carbocycles. The van der Waals surface area contributed by atoms with Gasteiger partial charge in [-0.15, -0.1) is 0 Å². The van der Waals surface area contributed by atoms with Crippen LogP contribution in [-0.4, -0.2) is 25.8 Å². The third-order valence-electron chi connectivity index (χ3n) is 1.74. The lowest BCUT2D eigenvalue weighted by atomic mass is 10.5. The van der Waals surface area contributed by atoms with Crippen molar-refractivity contribution in [2.45, 2.75) is 26.6 Å². The molecule has 0 aliphatic rings. The first-order valence-corrected chi connectivity index (χ1v) is 7.50. The summed E-state index contributed by atoms with van der Waals surface area (Å²) in [6, 6.07) is 0. The Morgan fingerprint density at radius 1 is 1.50 bits per heavy atom. The molecule has 0 heterocycles. The maximum absolute atomic E-state index is 10.2. The number of nitrogens with one attached hydrogen (secondary N) is 1. The van der Waals surface area contributed by atoms with E-state index in [1.54, 1.807) is 0 Å². The Kier molecular flexibility index (Phi) is 4.02. The summed E-state index contributed by atoms with van der Waals surface area (Å²) in [4.78, 5) is 10.2. The summed E-state index contributed by atoms with van der Waals surface area (Å²) in [6.45, 7) is 9.03. The summed E-state index contributed by atoms with van der Waals surface area (Å²) in [5.41, 5.74) is 0. The number of allylic oxidation sites excluding steroid dienone is 1. The van der Waals surface area contributed by atoms with E-state index in [0.29, 0.717) is 6.54 Å². The molecule has 1 amide bonds. The fourth-order valence-electron chi connectivity index (χ4n) is 0.971. The predicted molar refractivity (Wildman–Crippen MR) is 53.1 cm³/mol. The lowest BCUT2D eigenvalue weighted by Gasteiger charge is -2.20. The molecule has 0 aromatic carbocycles. The van der Waals surface area contributed by atoms with Gasteiger partial charge in [-0.3, -0.25) is 0 Å². The van der Waals surface area contributed by atoms with Gasteiger partial charge in [-0.2, -0.15) is 0 Å². The normalized spacial score (nSPS) is 12.8. The van der Waals surface area contributed by atoms with Crippen molar-refractivity contribution in [1.82, 2.24) is 5.32 Å². The summed E-state index contributed by atoms with van der Waals surface area (Å²) < 4.78 is 0. The van der Waals surface area contributed by atoms with Gasteiger partial charge in [0.05, 0.1) is 8.07 Å². The Hall–Kier alpha value is -0.773. The second-order valence-electron chi connectivity index (χ2n) is 3.72. The molecular weight excluding hydrogens is 170 g/mol. The number of rotatable bonds is 3. The molecule has 0 aromatic rings. The van der Waals surface area contributed by atoms with Gasteiger partial charge in [-0.25, -0.2) is 4.79 Å². The van der Waals surface area contributed by atoms with E-state index in [2.05, 4.69) is 25.0 Å². The standard InChI is InChI=1S/C8H17NO2Si/c1-5-7(12(2,3)4)6-9-8(10)11/h5,9H,6H2,1-4H3,(H,10,11)/b7-5-. The van der Waals surface area contributed by atoms with Gasteiger partial charge in [0.15, 0.2) is 0 Å². The van der Waals surface area contributed by atoms with Crippen LogP contribution in [0.2, 0.25) is 19.6 Å². The molecule has 0 rings (SSSR count). The second kappa shape index (κ2) is 4.30. The first-order valence-electron chi connectivity index (χ1n) is 4.00. The molecule has 0 unspecified atom stereocenters. The van der Waals surface area contributed by atoms with Gasteiger partial charge in [0.25, 0.3) is 0 Å². The fraction of sp³-hybridized carbons (Fsp3) is 0.625. The molecule has 0 aliphatic heterocycles. The molecule has 0 aromatic heterocycles.